The molecule has 0 radical (unpaired) electrons. The number of hydrogen-bond acceptors (Lipinski definition) is 3. The number of Topliss-reactive ketones (excluding diaryl/α,β-unsaturated/α-hetero) is 1. The highest BCUT2D eigenvalue weighted by Gasteiger charge is 2.32. The van der Waals surface area contributed by atoms with Gasteiger partial charge in [0.15, 0.2) is 11.4 Å². The SMILES string of the molecule is Cc1nn2c(C(F)F)c(C(=O)CCC[C@H]3CCc4ccccc43)cnc2c1-c1cccc(C(F)(F)F)c1. The number of carbonyl (C=O) groups is 1. The number of rotatable bonds is 7. The molecule has 0 aliphatic heterocycles. The zero-order valence-corrected chi connectivity index (χ0v) is 20.0. The molecule has 2 aromatic carbocycles. The van der Waals surface area contributed by atoms with E-state index in [1.54, 1.807) is 0 Å². The highest BCUT2D eigenvalue weighted by Crippen LogP contribution is 2.38. The zero-order chi connectivity index (χ0) is 26.3. The monoisotopic (exact) mass is 513 g/mol. The molecule has 1 atom stereocenters. The normalized spacial score (nSPS) is 15.5. The standard InChI is InChI=1S/C28H24F5N3O/c1-16-24(19-8-4-9-20(14-19)28(31,32)33)27-34-15-22(25(26(29)30)36(27)35-16)23(37)11-5-7-18-13-12-17-6-2-3-10-21(17)18/h2-4,6,8-10,14-15,18,26H,5,7,11-13H2,1H3/t18-/m0/s1. The van der Waals surface area contributed by atoms with Gasteiger partial charge in [-0.15, -0.1) is 0 Å². The summed E-state index contributed by atoms with van der Waals surface area (Å²) < 4.78 is 69.1. The number of fused-ring (bicyclic) bond motifs is 2. The van der Waals surface area contributed by atoms with Crippen LogP contribution in [0.15, 0.2) is 54.7 Å². The molecular formula is C28H24F5N3O. The van der Waals surface area contributed by atoms with Crippen molar-refractivity contribution < 1.29 is 26.7 Å². The number of ketones is 1. The minimum Gasteiger partial charge on any atom is -0.294 e. The van der Waals surface area contributed by atoms with E-state index in [9.17, 15) is 26.7 Å². The van der Waals surface area contributed by atoms with E-state index >= 15 is 0 Å². The van der Waals surface area contributed by atoms with Gasteiger partial charge in [0.2, 0.25) is 0 Å². The molecule has 0 amide bonds. The van der Waals surface area contributed by atoms with Gasteiger partial charge in [0, 0.05) is 18.2 Å². The Balaban J connectivity index is 1.43. The minimum atomic E-state index is -4.56. The Bertz CT molecular complexity index is 1470. The fraction of sp³-hybridized carbons (Fsp3) is 0.321. The first kappa shape index (κ1) is 25.0. The summed E-state index contributed by atoms with van der Waals surface area (Å²) in [5.74, 6) is -0.104. The molecule has 0 fully saturated rings. The van der Waals surface area contributed by atoms with Gasteiger partial charge < -0.3 is 0 Å². The lowest BCUT2D eigenvalue weighted by Crippen LogP contribution is -2.12. The lowest BCUT2D eigenvalue weighted by atomic mass is 9.94. The summed E-state index contributed by atoms with van der Waals surface area (Å²) in [5.41, 5.74) is 1.52. The third-order valence-corrected chi connectivity index (χ3v) is 7.06. The summed E-state index contributed by atoms with van der Waals surface area (Å²) in [6, 6.07) is 12.8. The van der Waals surface area contributed by atoms with Crippen molar-refractivity contribution in [2.45, 2.75) is 57.5 Å². The number of hydrogen-bond donors (Lipinski definition) is 0. The molecule has 2 heterocycles. The maximum absolute atomic E-state index is 14.2. The summed E-state index contributed by atoms with van der Waals surface area (Å²) in [6.07, 6.45) is -3.07. The number of benzene rings is 2. The largest absolute Gasteiger partial charge is 0.416 e. The van der Waals surface area contributed by atoms with Crippen molar-refractivity contribution in [1.29, 1.82) is 0 Å². The van der Waals surface area contributed by atoms with Crippen LogP contribution < -0.4 is 0 Å². The molecule has 192 valence electrons. The average molecular weight is 514 g/mol. The number of carbonyl (C=O) groups excluding carboxylic acids is 1. The molecule has 9 heteroatoms. The number of alkyl halides is 5. The van der Waals surface area contributed by atoms with Gasteiger partial charge in [0.1, 0.15) is 5.69 Å². The van der Waals surface area contributed by atoms with Crippen molar-refractivity contribution >= 4 is 11.4 Å². The van der Waals surface area contributed by atoms with Crippen LogP contribution in [-0.2, 0) is 12.6 Å². The summed E-state index contributed by atoms with van der Waals surface area (Å²) in [5, 5.41) is 4.15. The first-order chi connectivity index (χ1) is 17.6. The van der Waals surface area contributed by atoms with Gasteiger partial charge in [0.05, 0.1) is 16.8 Å². The van der Waals surface area contributed by atoms with Crippen molar-refractivity contribution in [3.63, 3.8) is 0 Å². The lowest BCUT2D eigenvalue weighted by molar-refractivity contribution is -0.137. The van der Waals surface area contributed by atoms with E-state index in [0.717, 1.165) is 42.1 Å². The molecule has 4 nitrogen and oxygen atoms in total. The Morgan fingerprint density at radius 2 is 1.92 bits per heavy atom. The Morgan fingerprint density at radius 1 is 1.14 bits per heavy atom. The number of halogens is 5. The minimum absolute atomic E-state index is 0.0220. The second-order valence-electron chi connectivity index (χ2n) is 9.38. The maximum Gasteiger partial charge on any atom is 0.416 e. The Kier molecular flexibility index (Phi) is 6.56. The van der Waals surface area contributed by atoms with Crippen LogP contribution in [0.4, 0.5) is 22.0 Å². The molecule has 37 heavy (non-hydrogen) atoms. The van der Waals surface area contributed by atoms with Crippen LogP contribution in [0.1, 0.15) is 76.5 Å². The van der Waals surface area contributed by atoms with Gasteiger partial charge in [-0.05, 0) is 67.3 Å². The van der Waals surface area contributed by atoms with Gasteiger partial charge in [-0.2, -0.15) is 18.3 Å². The summed E-state index contributed by atoms with van der Waals surface area (Å²) in [4.78, 5) is 17.2. The van der Waals surface area contributed by atoms with Gasteiger partial charge in [-0.25, -0.2) is 18.3 Å². The fourth-order valence-corrected chi connectivity index (χ4v) is 5.31. The molecule has 1 aliphatic rings. The number of nitrogens with zero attached hydrogens (tertiary/aromatic N) is 3. The topological polar surface area (TPSA) is 47.3 Å². The van der Waals surface area contributed by atoms with E-state index in [1.807, 2.05) is 12.1 Å². The molecule has 5 rings (SSSR count). The molecule has 1 aliphatic carbocycles. The maximum atomic E-state index is 14.2. The Morgan fingerprint density at radius 3 is 2.68 bits per heavy atom. The van der Waals surface area contributed by atoms with Crippen molar-refractivity contribution in [3.05, 3.63) is 88.4 Å². The first-order valence-corrected chi connectivity index (χ1v) is 12.1. The zero-order valence-electron chi connectivity index (χ0n) is 20.0. The van der Waals surface area contributed by atoms with E-state index in [2.05, 4.69) is 22.2 Å². The van der Waals surface area contributed by atoms with Crippen LogP contribution in [0.25, 0.3) is 16.8 Å². The first-order valence-electron chi connectivity index (χ1n) is 12.1. The van der Waals surface area contributed by atoms with Gasteiger partial charge in [-0.1, -0.05) is 36.4 Å². The van der Waals surface area contributed by atoms with Crippen molar-refractivity contribution in [1.82, 2.24) is 14.6 Å². The van der Waals surface area contributed by atoms with Crippen LogP contribution in [-0.4, -0.2) is 20.4 Å². The van der Waals surface area contributed by atoms with Gasteiger partial charge >= 0.3 is 6.18 Å². The third kappa shape index (κ3) is 4.74. The summed E-state index contributed by atoms with van der Waals surface area (Å²) in [7, 11) is 0. The van der Waals surface area contributed by atoms with Gasteiger partial charge in [-0.3, -0.25) is 4.79 Å². The summed E-state index contributed by atoms with van der Waals surface area (Å²) >= 11 is 0. The molecule has 0 bridgehead atoms. The highest BCUT2D eigenvalue weighted by molar-refractivity contribution is 5.97. The quantitative estimate of drug-likeness (QED) is 0.188. The van der Waals surface area contributed by atoms with E-state index in [-0.39, 0.29) is 34.5 Å². The second-order valence-corrected chi connectivity index (χ2v) is 9.38. The molecule has 2 aromatic heterocycles. The molecule has 0 saturated carbocycles. The van der Waals surface area contributed by atoms with E-state index in [0.29, 0.717) is 12.3 Å². The molecule has 4 aromatic rings. The molecule has 0 spiro atoms. The van der Waals surface area contributed by atoms with Crippen LogP contribution in [0, 0.1) is 6.92 Å². The van der Waals surface area contributed by atoms with Crippen molar-refractivity contribution in [3.8, 4) is 11.1 Å². The molecule has 0 unspecified atom stereocenters. The molecule has 0 N–H and O–H groups in total. The lowest BCUT2D eigenvalue weighted by Gasteiger charge is -2.13. The van der Waals surface area contributed by atoms with E-state index in [4.69, 9.17) is 0 Å². The van der Waals surface area contributed by atoms with Crippen molar-refractivity contribution in [2.24, 2.45) is 0 Å². The second kappa shape index (κ2) is 9.68. The van der Waals surface area contributed by atoms with Gasteiger partial charge in [0.25, 0.3) is 6.43 Å². The number of aryl methyl sites for hydroxylation is 2. The van der Waals surface area contributed by atoms with Crippen LogP contribution in [0.2, 0.25) is 0 Å². The summed E-state index contributed by atoms with van der Waals surface area (Å²) in [6.45, 7) is 1.51. The molecule has 0 saturated heterocycles. The average Bonchev–Trinajstić information content (AvgIpc) is 3.42. The van der Waals surface area contributed by atoms with Crippen molar-refractivity contribution in [2.75, 3.05) is 0 Å². The van der Waals surface area contributed by atoms with Crippen LogP contribution >= 0.6 is 0 Å². The third-order valence-electron chi connectivity index (χ3n) is 7.06. The Hall–Kier alpha value is -3.62. The predicted octanol–water partition coefficient (Wildman–Crippen LogP) is 7.74. The highest BCUT2D eigenvalue weighted by atomic mass is 19.4. The number of aromatic nitrogens is 3. The van der Waals surface area contributed by atoms with Crippen LogP contribution in [0.3, 0.4) is 0 Å². The fourth-order valence-electron chi connectivity index (χ4n) is 5.31. The smallest absolute Gasteiger partial charge is 0.294 e. The predicted molar refractivity (Wildman–Crippen MR) is 129 cm³/mol. The Labute approximate surface area is 210 Å². The van der Waals surface area contributed by atoms with E-state index < -0.39 is 29.6 Å². The van der Waals surface area contributed by atoms with E-state index in [1.165, 1.54) is 30.2 Å². The van der Waals surface area contributed by atoms with Crippen LogP contribution in [0.5, 0.6) is 0 Å². The molecular weight excluding hydrogens is 489 g/mol.